The van der Waals surface area contributed by atoms with E-state index < -0.39 is 23.2 Å². The first-order valence-electron chi connectivity index (χ1n) is 6.88. The summed E-state index contributed by atoms with van der Waals surface area (Å²) >= 11 is 3.86. The Morgan fingerprint density at radius 2 is 2.26 bits per heavy atom. The van der Waals surface area contributed by atoms with Crippen molar-refractivity contribution < 1.29 is 19.5 Å². The molecular weight excluding hydrogens is 356 g/mol. The third kappa shape index (κ3) is 3.79. The Balaban J connectivity index is 1.62. The molecule has 0 aromatic carbocycles. The van der Waals surface area contributed by atoms with Crippen molar-refractivity contribution >= 4 is 58.0 Å². The lowest BCUT2D eigenvalue weighted by Gasteiger charge is -2.18. The van der Waals surface area contributed by atoms with Gasteiger partial charge in [0.2, 0.25) is 5.91 Å². The molecule has 1 aromatic heterocycles. The number of carbonyl (C=O) groups excluding carboxylic acids is 3. The van der Waals surface area contributed by atoms with Gasteiger partial charge in [-0.25, -0.2) is 0 Å². The van der Waals surface area contributed by atoms with E-state index in [1.807, 2.05) is 17.5 Å². The van der Waals surface area contributed by atoms with Crippen LogP contribution in [0, 0.1) is 0 Å². The number of carbonyl (C=O) groups is 3. The monoisotopic (exact) mass is 370 g/mol. The van der Waals surface area contributed by atoms with Crippen molar-refractivity contribution in [1.82, 2.24) is 10.2 Å². The van der Waals surface area contributed by atoms with Crippen LogP contribution < -0.4 is 5.32 Å². The van der Waals surface area contributed by atoms with Gasteiger partial charge in [-0.1, -0.05) is 6.07 Å². The second-order valence-electron chi connectivity index (χ2n) is 5.06. The van der Waals surface area contributed by atoms with Crippen molar-refractivity contribution in [3.05, 3.63) is 27.3 Å². The zero-order chi connectivity index (χ0) is 16.4. The van der Waals surface area contributed by atoms with Gasteiger partial charge in [0.1, 0.15) is 6.54 Å². The second kappa shape index (κ2) is 7.08. The van der Waals surface area contributed by atoms with E-state index in [2.05, 4.69) is 5.32 Å². The number of nitrogens with zero attached hydrogens (tertiary/aromatic N) is 1. The number of thioether (sulfide) groups is 2. The van der Waals surface area contributed by atoms with Gasteiger partial charge in [-0.05, 0) is 29.3 Å². The number of amides is 3. The van der Waals surface area contributed by atoms with Gasteiger partial charge in [0, 0.05) is 16.4 Å². The van der Waals surface area contributed by atoms with E-state index in [9.17, 15) is 19.5 Å². The summed E-state index contributed by atoms with van der Waals surface area (Å²) in [5.41, 5.74) is 0. The maximum atomic E-state index is 12.3. The van der Waals surface area contributed by atoms with Crippen LogP contribution in [-0.4, -0.2) is 57.3 Å². The van der Waals surface area contributed by atoms with Gasteiger partial charge >= 0.3 is 0 Å². The first-order chi connectivity index (χ1) is 11.0. The summed E-state index contributed by atoms with van der Waals surface area (Å²) in [6, 6.07) is 3.39. The molecule has 3 amide bonds. The maximum Gasteiger partial charge on any atom is 0.294 e. The van der Waals surface area contributed by atoms with Crippen LogP contribution in [0.15, 0.2) is 22.4 Å². The van der Waals surface area contributed by atoms with Crippen LogP contribution in [0.25, 0.3) is 6.08 Å². The molecule has 0 unspecified atom stereocenters. The van der Waals surface area contributed by atoms with Crippen LogP contribution in [-0.2, 0) is 9.59 Å². The Morgan fingerprint density at radius 3 is 2.91 bits per heavy atom. The Hall–Kier alpha value is -1.29. The number of hydrogen-bond acceptors (Lipinski definition) is 7. The normalized spacial score (nSPS) is 26.3. The second-order valence-corrected chi connectivity index (χ2v) is 8.11. The summed E-state index contributed by atoms with van der Waals surface area (Å²) in [5, 5.41) is 13.8. The van der Waals surface area contributed by atoms with Gasteiger partial charge in [0.05, 0.1) is 17.1 Å². The van der Waals surface area contributed by atoms with Crippen molar-refractivity contribution in [2.45, 2.75) is 12.1 Å². The Labute approximate surface area is 145 Å². The molecule has 2 aliphatic heterocycles. The number of aliphatic hydroxyl groups excluding tert-OH is 1. The molecule has 9 heteroatoms. The predicted molar refractivity (Wildman–Crippen MR) is 92.3 cm³/mol. The molecule has 0 radical (unpaired) electrons. The van der Waals surface area contributed by atoms with Crippen LogP contribution in [0.3, 0.4) is 0 Å². The van der Waals surface area contributed by atoms with E-state index in [1.54, 1.807) is 17.8 Å². The van der Waals surface area contributed by atoms with E-state index in [1.165, 1.54) is 11.3 Å². The van der Waals surface area contributed by atoms with Crippen molar-refractivity contribution in [1.29, 1.82) is 0 Å². The van der Waals surface area contributed by atoms with E-state index in [0.717, 1.165) is 21.5 Å². The SMILES string of the molecule is O=C(CN1C(=O)SC(=Cc2cccs2)C1=O)N[C@@H]1CSC[C@@H]1O. The van der Waals surface area contributed by atoms with Crippen LogP contribution >= 0.6 is 34.9 Å². The topological polar surface area (TPSA) is 86.7 Å². The number of nitrogens with one attached hydrogen (secondary N) is 1. The summed E-state index contributed by atoms with van der Waals surface area (Å²) in [7, 11) is 0. The molecule has 0 spiro atoms. The molecule has 0 saturated carbocycles. The first kappa shape index (κ1) is 16.6. The van der Waals surface area contributed by atoms with E-state index in [4.69, 9.17) is 0 Å². The number of thiophene rings is 1. The molecule has 2 aliphatic rings. The van der Waals surface area contributed by atoms with Crippen LogP contribution in [0.4, 0.5) is 4.79 Å². The molecule has 1 aromatic rings. The number of aliphatic hydroxyl groups is 1. The van der Waals surface area contributed by atoms with Crippen LogP contribution in [0.2, 0.25) is 0 Å². The van der Waals surface area contributed by atoms with Crippen LogP contribution in [0.1, 0.15) is 4.88 Å². The van der Waals surface area contributed by atoms with Crippen molar-refractivity contribution in [3.63, 3.8) is 0 Å². The summed E-state index contributed by atoms with van der Waals surface area (Å²) in [6.45, 7) is -0.319. The van der Waals surface area contributed by atoms with Crippen molar-refractivity contribution in [3.8, 4) is 0 Å². The van der Waals surface area contributed by atoms with Crippen molar-refractivity contribution in [2.75, 3.05) is 18.1 Å². The van der Waals surface area contributed by atoms with Gasteiger partial charge < -0.3 is 10.4 Å². The maximum absolute atomic E-state index is 12.3. The van der Waals surface area contributed by atoms with E-state index >= 15 is 0 Å². The zero-order valence-corrected chi connectivity index (χ0v) is 14.4. The third-order valence-electron chi connectivity index (χ3n) is 3.39. The average Bonchev–Trinajstić information content (AvgIpc) is 3.20. The lowest BCUT2D eigenvalue weighted by Crippen LogP contribution is -2.47. The van der Waals surface area contributed by atoms with Crippen molar-refractivity contribution in [2.24, 2.45) is 0 Å². The smallest absolute Gasteiger partial charge is 0.294 e. The Morgan fingerprint density at radius 1 is 1.43 bits per heavy atom. The minimum atomic E-state index is -0.586. The van der Waals surface area contributed by atoms with Gasteiger partial charge in [-0.15, -0.1) is 11.3 Å². The lowest BCUT2D eigenvalue weighted by atomic mass is 10.2. The molecule has 2 atom stereocenters. The highest BCUT2D eigenvalue weighted by molar-refractivity contribution is 8.18. The molecule has 6 nitrogen and oxygen atoms in total. The first-order valence-corrected chi connectivity index (χ1v) is 9.74. The molecule has 3 rings (SSSR count). The average molecular weight is 370 g/mol. The predicted octanol–water partition coefficient (Wildman–Crippen LogP) is 1.38. The summed E-state index contributed by atoms with van der Waals surface area (Å²) in [4.78, 5) is 38.4. The van der Waals surface area contributed by atoms with Gasteiger partial charge in [0.25, 0.3) is 11.1 Å². The molecule has 23 heavy (non-hydrogen) atoms. The standard InChI is InChI=1S/C14H14N2O4S3/c17-10-7-21-6-9(10)15-12(18)5-16-13(19)11(23-14(16)20)4-8-2-1-3-22-8/h1-4,9-10,17H,5-7H2,(H,15,18)/t9-,10+/m1/s1. The van der Waals surface area contributed by atoms with Gasteiger partial charge in [-0.3, -0.25) is 19.3 Å². The molecule has 2 fully saturated rings. The summed E-state index contributed by atoms with van der Waals surface area (Å²) < 4.78 is 0. The third-order valence-corrected chi connectivity index (χ3v) is 6.29. The fraction of sp³-hybridized carbons (Fsp3) is 0.357. The summed E-state index contributed by atoms with van der Waals surface area (Å²) in [6.07, 6.45) is 1.07. The Bertz CT molecular complexity index is 659. The molecule has 122 valence electrons. The molecule has 2 saturated heterocycles. The quantitative estimate of drug-likeness (QED) is 0.779. The highest BCUT2D eigenvalue weighted by atomic mass is 32.2. The Kier molecular flexibility index (Phi) is 5.10. The largest absolute Gasteiger partial charge is 0.390 e. The molecule has 0 aliphatic carbocycles. The molecule has 0 bridgehead atoms. The number of imide groups is 1. The summed E-state index contributed by atoms with van der Waals surface area (Å²) in [5.74, 6) is 0.324. The minimum Gasteiger partial charge on any atom is -0.390 e. The zero-order valence-electron chi connectivity index (χ0n) is 11.9. The lowest BCUT2D eigenvalue weighted by molar-refractivity contribution is -0.129. The molecule has 2 N–H and O–H groups in total. The number of rotatable bonds is 4. The van der Waals surface area contributed by atoms with Gasteiger partial charge in [0.15, 0.2) is 0 Å². The van der Waals surface area contributed by atoms with Gasteiger partial charge in [-0.2, -0.15) is 11.8 Å². The highest BCUT2D eigenvalue weighted by Gasteiger charge is 2.37. The molecule has 3 heterocycles. The fourth-order valence-electron chi connectivity index (χ4n) is 2.22. The molecular formula is C14H14N2O4S3. The minimum absolute atomic E-state index is 0.319. The van der Waals surface area contributed by atoms with E-state index in [0.29, 0.717) is 16.4 Å². The van der Waals surface area contributed by atoms with Crippen LogP contribution in [0.5, 0.6) is 0 Å². The number of hydrogen-bond donors (Lipinski definition) is 2. The fourth-order valence-corrected chi connectivity index (χ4v) is 4.95. The van der Waals surface area contributed by atoms with E-state index in [-0.39, 0.29) is 12.6 Å². The highest BCUT2D eigenvalue weighted by Crippen LogP contribution is 2.32.